The third-order valence-electron chi connectivity index (χ3n) is 4.86. The summed E-state index contributed by atoms with van der Waals surface area (Å²) >= 11 is 0. The van der Waals surface area contributed by atoms with Crippen LogP contribution in [0.4, 0.5) is 0 Å². The van der Waals surface area contributed by atoms with Gasteiger partial charge in [0.25, 0.3) is 5.91 Å². The maximum Gasteiger partial charge on any atom is 0.338 e. The van der Waals surface area contributed by atoms with Crippen molar-refractivity contribution in [2.45, 2.75) is 44.6 Å². The SMILES string of the molecule is C[C@@]1(NC(=O)COC(=O)c2ccc3c(c2)CCCC3)CCS(=O)(=O)C1. The maximum atomic E-state index is 12.2. The Morgan fingerprint density at radius 3 is 2.60 bits per heavy atom. The van der Waals surface area contributed by atoms with Crippen molar-refractivity contribution in [2.75, 3.05) is 18.1 Å². The van der Waals surface area contributed by atoms with Gasteiger partial charge in [-0.05, 0) is 62.3 Å². The van der Waals surface area contributed by atoms with E-state index in [2.05, 4.69) is 5.32 Å². The van der Waals surface area contributed by atoms with Gasteiger partial charge in [0.05, 0.1) is 22.6 Å². The molecule has 136 valence electrons. The molecule has 0 saturated carbocycles. The Kier molecular flexibility index (Phi) is 4.86. The van der Waals surface area contributed by atoms with Gasteiger partial charge in [-0.2, -0.15) is 0 Å². The average molecular weight is 365 g/mol. The molecule has 3 rings (SSSR count). The highest BCUT2D eigenvalue weighted by molar-refractivity contribution is 7.91. The first-order valence-corrected chi connectivity index (χ1v) is 10.4. The van der Waals surface area contributed by atoms with E-state index in [1.807, 2.05) is 12.1 Å². The summed E-state index contributed by atoms with van der Waals surface area (Å²) in [7, 11) is -3.11. The van der Waals surface area contributed by atoms with Crippen LogP contribution < -0.4 is 5.32 Å². The van der Waals surface area contributed by atoms with Crippen LogP contribution in [0.2, 0.25) is 0 Å². The minimum Gasteiger partial charge on any atom is -0.452 e. The number of aryl methyl sites for hydroxylation is 2. The normalized spacial score (nSPS) is 24.4. The Morgan fingerprint density at radius 1 is 1.20 bits per heavy atom. The number of hydrogen-bond donors (Lipinski definition) is 1. The summed E-state index contributed by atoms with van der Waals surface area (Å²) in [6, 6.07) is 5.53. The van der Waals surface area contributed by atoms with Gasteiger partial charge in [0, 0.05) is 0 Å². The molecule has 1 aromatic carbocycles. The van der Waals surface area contributed by atoms with Gasteiger partial charge >= 0.3 is 5.97 Å². The van der Waals surface area contributed by atoms with Crippen molar-refractivity contribution < 1.29 is 22.7 Å². The van der Waals surface area contributed by atoms with Crippen LogP contribution in [-0.2, 0) is 32.2 Å². The van der Waals surface area contributed by atoms with Gasteiger partial charge < -0.3 is 10.1 Å². The van der Waals surface area contributed by atoms with E-state index >= 15 is 0 Å². The van der Waals surface area contributed by atoms with Crippen LogP contribution >= 0.6 is 0 Å². The summed E-state index contributed by atoms with van der Waals surface area (Å²) in [5, 5.41) is 2.67. The van der Waals surface area contributed by atoms with E-state index < -0.39 is 33.9 Å². The number of carbonyl (C=O) groups excluding carboxylic acids is 2. The van der Waals surface area contributed by atoms with E-state index in [1.54, 1.807) is 13.0 Å². The van der Waals surface area contributed by atoms with Crippen LogP contribution in [0, 0.1) is 0 Å². The fraction of sp³-hybridized carbons (Fsp3) is 0.556. The summed E-state index contributed by atoms with van der Waals surface area (Å²) in [5.41, 5.74) is 2.11. The molecule has 25 heavy (non-hydrogen) atoms. The minimum atomic E-state index is -3.11. The van der Waals surface area contributed by atoms with Crippen molar-refractivity contribution in [1.29, 1.82) is 0 Å². The van der Waals surface area contributed by atoms with Crippen LogP contribution in [0.3, 0.4) is 0 Å². The third kappa shape index (κ3) is 4.39. The Balaban J connectivity index is 1.54. The first-order valence-electron chi connectivity index (χ1n) is 8.57. The van der Waals surface area contributed by atoms with Crippen molar-refractivity contribution in [1.82, 2.24) is 5.32 Å². The fourth-order valence-corrected chi connectivity index (χ4v) is 5.65. The van der Waals surface area contributed by atoms with Gasteiger partial charge in [-0.15, -0.1) is 0 Å². The Labute approximate surface area is 147 Å². The lowest BCUT2D eigenvalue weighted by Crippen LogP contribution is -2.48. The molecule has 1 amide bonds. The molecule has 2 aliphatic rings. The lowest BCUT2D eigenvalue weighted by Gasteiger charge is -2.23. The van der Waals surface area contributed by atoms with Gasteiger partial charge in [-0.1, -0.05) is 6.07 Å². The number of ether oxygens (including phenoxy) is 1. The van der Waals surface area contributed by atoms with E-state index in [1.165, 1.54) is 17.5 Å². The Bertz CT molecular complexity index is 802. The predicted octanol–water partition coefficient (Wildman–Crippen LogP) is 1.42. The summed E-state index contributed by atoms with van der Waals surface area (Å²) < 4.78 is 28.2. The lowest BCUT2D eigenvalue weighted by atomic mass is 9.90. The van der Waals surface area contributed by atoms with Crippen molar-refractivity contribution in [3.63, 3.8) is 0 Å². The van der Waals surface area contributed by atoms with Gasteiger partial charge in [0.1, 0.15) is 0 Å². The zero-order valence-electron chi connectivity index (χ0n) is 14.3. The van der Waals surface area contributed by atoms with Crippen molar-refractivity contribution in [3.8, 4) is 0 Å². The number of sulfone groups is 1. The molecule has 1 aliphatic heterocycles. The third-order valence-corrected chi connectivity index (χ3v) is 6.77. The van der Waals surface area contributed by atoms with Crippen LogP contribution in [0.1, 0.15) is 47.7 Å². The molecule has 0 spiro atoms. The molecule has 0 bridgehead atoms. The molecule has 0 unspecified atom stereocenters. The monoisotopic (exact) mass is 365 g/mol. The summed E-state index contributed by atoms with van der Waals surface area (Å²) in [6.07, 6.45) is 4.67. The standard InChI is InChI=1S/C18H23NO5S/c1-18(8-9-25(22,23)12-18)19-16(20)11-24-17(21)15-7-6-13-4-2-3-5-14(13)10-15/h6-7,10H,2-5,8-9,11-12H2,1H3,(H,19,20)/t18-/m1/s1. The number of esters is 1. The van der Waals surface area contributed by atoms with Crippen molar-refractivity contribution in [2.24, 2.45) is 0 Å². The van der Waals surface area contributed by atoms with Crippen LogP contribution in [0.5, 0.6) is 0 Å². The molecule has 1 N–H and O–H groups in total. The number of amides is 1. The molecule has 0 aromatic heterocycles. The van der Waals surface area contributed by atoms with Gasteiger partial charge in [0.15, 0.2) is 16.4 Å². The predicted molar refractivity (Wildman–Crippen MR) is 93.2 cm³/mol. The number of nitrogens with one attached hydrogen (secondary N) is 1. The topological polar surface area (TPSA) is 89.5 Å². The molecule has 1 aromatic rings. The second kappa shape index (κ2) is 6.78. The van der Waals surface area contributed by atoms with Crippen LogP contribution in [-0.4, -0.2) is 43.9 Å². The van der Waals surface area contributed by atoms with Gasteiger partial charge in [0.2, 0.25) is 0 Å². The molecular weight excluding hydrogens is 342 g/mol. The summed E-state index contributed by atoms with van der Waals surface area (Å²) in [5.74, 6) is -1.03. The number of fused-ring (bicyclic) bond motifs is 1. The number of carbonyl (C=O) groups is 2. The smallest absolute Gasteiger partial charge is 0.338 e. The summed E-state index contributed by atoms with van der Waals surface area (Å²) in [6.45, 7) is 1.28. The largest absolute Gasteiger partial charge is 0.452 e. The minimum absolute atomic E-state index is 0.0681. The van der Waals surface area contributed by atoms with E-state index in [0.717, 1.165) is 19.3 Å². The average Bonchev–Trinajstić information content (AvgIpc) is 2.85. The zero-order chi connectivity index (χ0) is 18.1. The Morgan fingerprint density at radius 2 is 1.92 bits per heavy atom. The van der Waals surface area contributed by atoms with Crippen molar-refractivity contribution in [3.05, 3.63) is 34.9 Å². The van der Waals surface area contributed by atoms with Crippen molar-refractivity contribution >= 4 is 21.7 Å². The van der Waals surface area contributed by atoms with Crippen LogP contribution in [0.25, 0.3) is 0 Å². The fourth-order valence-electron chi connectivity index (χ4n) is 3.56. The van der Waals surface area contributed by atoms with E-state index in [4.69, 9.17) is 4.74 Å². The molecule has 1 atom stereocenters. The Hall–Kier alpha value is -1.89. The molecule has 0 radical (unpaired) electrons. The lowest BCUT2D eigenvalue weighted by molar-refractivity contribution is -0.125. The zero-order valence-corrected chi connectivity index (χ0v) is 15.2. The van der Waals surface area contributed by atoms with E-state index in [9.17, 15) is 18.0 Å². The second-order valence-electron chi connectivity index (χ2n) is 7.22. The molecule has 1 saturated heterocycles. The maximum absolute atomic E-state index is 12.2. The van der Waals surface area contributed by atoms with Crippen LogP contribution in [0.15, 0.2) is 18.2 Å². The molecule has 1 fully saturated rings. The first kappa shape index (κ1) is 17.9. The molecular formula is C18H23NO5S. The number of rotatable bonds is 4. The quantitative estimate of drug-likeness (QED) is 0.815. The van der Waals surface area contributed by atoms with E-state index in [0.29, 0.717) is 12.0 Å². The molecule has 6 nitrogen and oxygen atoms in total. The highest BCUT2D eigenvalue weighted by Crippen LogP contribution is 2.23. The van der Waals surface area contributed by atoms with E-state index in [-0.39, 0.29) is 11.5 Å². The van der Waals surface area contributed by atoms with Gasteiger partial charge in [-0.3, -0.25) is 4.79 Å². The summed E-state index contributed by atoms with van der Waals surface area (Å²) in [4.78, 5) is 24.2. The number of hydrogen-bond acceptors (Lipinski definition) is 5. The molecule has 1 aliphatic carbocycles. The first-order chi connectivity index (χ1) is 11.8. The molecule has 1 heterocycles. The second-order valence-corrected chi connectivity index (χ2v) is 9.40. The van der Waals surface area contributed by atoms with Gasteiger partial charge in [-0.25, -0.2) is 13.2 Å². The highest BCUT2D eigenvalue weighted by Gasteiger charge is 2.39. The molecule has 7 heteroatoms. The highest BCUT2D eigenvalue weighted by atomic mass is 32.2. The number of benzene rings is 1.